The van der Waals surface area contributed by atoms with E-state index < -0.39 is 42.2 Å². The monoisotopic (exact) mass is 660 g/mol. The zero-order chi connectivity index (χ0) is 33.3. The summed E-state index contributed by atoms with van der Waals surface area (Å²) in [5, 5.41) is 8.95. The first-order valence-electron chi connectivity index (χ1n) is 15.0. The van der Waals surface area contributed by atoms with Crippen LogP contribution in [0.15, 0.2) is 41.3 Å². The zero-order valence-electron chi connectivity index (χ0n) is 25.9. The molecule has 1 aliphatic carbocycles. The van der Waals surface area contributed by atoms with Crippen molar-refractivity contribution in [2.24, 2.45) is 0 Å². The second-order valence-electron chi connectivity index (χ2n) is 12.1. The third kappa shape index (κ3) is 7.71. The Morgan fingerprint density at radius 2 is 1.78 bits per heavy atom. The SMILES string of the molecule is CO[C@@H](C)CNCc1cc(C(=O)Nc2cc(-c3c(F)cc(Cl)cc3C(=O)N3CC(F)(F)C3)cc(NC(C)C)n2)c(=O)n(C2CC2)c1. The van der Waals surface area contributed by atoms with Gasteiger partial charge in [-0.3, -0.25) is 14.4 Å². The molecule has 2 fully saturated rings. The summed E-state index contributed by atoms with van der Waals surface area (Å²) in [6.07, 6.45) is 3.38. The van der Waals surface area contributed by atoms with Crippen LogP contribution in [-0.4, -0.2) is 71.1 Å². The van der Waals surface area contributed by atoms with Gasteiger partial charge in [0.2, 0.25) is 0 Å². The fraction of sp³-hybridized carbons (Fsp3) is 0.438. The lowest BCUT2D eigenvalue weighted by Gasteiger charge is -2.39. The van der Waals surface area contributed by atoms with Gasteiger partial charge in [-0.2, -0.15) is 0 Å². The number of carbonyl (C=O) groups is 2. The molecule has 0 unspecified atom stereocenters. The van der Waals surface area contributed by atoms with Gasteiger partial charge in [-0.05, 0) is 75.1 Å². The highest BCUT2D eigenvalue weighted by atomic mass is 35.5. The van der Waals surface area contributed by atoms with E-state index in [2.05, 4.69) is 20.9 Å². The summed E-state index contributed by atoms with van der Waals surface area (Å²) in [6, 6.07) is 6.49. The van der Waals surface area contributed by atoms with Gasteiger partial charge < -0.3 is 30.2 Å². The lowest BCUT2D eigenvalue weighted by Crippen LogP contribution is -2.58. The van der Waals surface area contributed by atoms with E-state index in [1.807, 2.05) is 20.8 Å². The van der Waals surface area contributed by atoms with E-state index >= 15 is 4.39 Å². The average Bonchev–Trinajstić information content (AvgIpc) is 3.80. The number of likely N-dealkylation sites (tertiary alicyclic amines) is 1. The lowest BCUT2D eigenvalue weighted by molar-refractivity contribution is -0.113. The molecule has 0 bridgehead atoms. The van der Waals surface area contributed by atoms with Gasteiger partial charge >= 0.3 is 0 Å². The third-order valence-corrected chi connectivity index (χ3v) is 7.88. The predicted molar refractivity (Wildman–Crippen MR) is 169 cm³/mol. The van der Waals surface area contributed by atoms with Crippen LogP contribution in [0, 0.1) is 5.82 Å². The number of benzene rings is 1. The second kappa shape index (κ2) is 13.4. The topological polar surface area (TPSA) is 118 Å². The minimum Gasteiger partial charge on any atom is -0.380 e. The van der Waals surface area contributed by atoms with Crippen LogP contribution in [0.4, 0.5) is 24.8 Å². The molecule has 2 amide bonds. The van der Waals surface area contributed by atoms with Crippen LogP contribution in [0.5, 0.6) is 0 Å². The zero-order valence-corrected chi connectivity index (χ0v) is 26.7. The van der Waals surface area contributed by atoms with E-state index in [1.165, 1.54) is 24.3 Å². The molecule has 246 valence electrons. The molecule has 1 aliphatic heterocycles. The van der Waals surface area contributed by atoms with Crippen LogP contribution in [0.25, 0.3) is 11.1 Å². The standard InChI is InChI=1S/C32H36ClF3N6O4/c1-17(2)38-26-8-20(28-23(10-21(33)11-25(28)34)30(44)41-15-32(35,36)16-41)9-27(39-26)40-29(43)24-7-19(13-37-12-18(3)46-4)14-42(31(24)45)22-5-6-22/h7-11,14,17-18,22,37H,5-6,12-13,15-16H2,1-4H3,(H2,38,39,40,43)/t18-/m0/s1. The Morgan fingerprint density at radius 1 is 1.09 bits per heavy atom. The molecular weight excluding hydrogens is 625 g/mol. The number of nitrogens with zero attached hydrogens (tertiary/aromatic N) is 3. The Kier molecular flexibility index (Phi) is 9.75. The number of amides is 2. The maximum absolute atomic E-state index is 15.6. The van der Waals surface area contributed by atoms with Crippen LogP contribution in [0.2, 0.25) is 5.02 Å². The number of hydrogen-bond acceptors (Lipinski definition) is 7. The van der Waals surface area contributed by atoms with E-state index in [9.17, 15) is 23.2 Å². The van der Waals surface area contributed by atoms with Crippen molar-refractivity contribution in [1.82, 2.24) is 19.8 Å². The van der Waals surface area contributed by atoms with E-state index in [4.69, 9.17) is 16.3 Å². The maximum Gasteiger partial charge on any atom is 0.282 e. The second-order valence-corrected chi connectivity index (χ2v) is 12.5. The van der Waals surface area contributed by atoms with Crippen molar-refractivity contribution in [2.45, 2.75) is 64.3 Å². The molecule has 14 heteroatoms. The predicted octanol–water partition coefficient (Wildman–Crippen LogP) is 5.33. The highest BCUT2D eigenvalue weighted by Crippen LogP contribution is 2.36. The van der Waals surface area contributed by atoms with Crippen molar-refractivity contribution in [3.05, 3.63) is 74.4 Å². The molecule has 0 radical (unpaired) electrons. The molecule has 2 aliphatic rings. The van der Waals surface area contributed by atoms with Gasteiger partial charge in [-0.25, -0.2) is 18.2 Å². The summed E-state index contributed by atoms with van der Waals surface area (Å²) in [7, 11) is 1.61. The van der Waals surface area contributed by atoms with Crippen molar-refractivity contribution in [1.29, 1.82) is 0 Å². The maximum atomic E-state index is 15.6. The molecule has 0 spiro atoms. The first kappa shape index (κ1) is 33.4. The molecule has 3 N–H and O–H groups in total. The van der Waals surface area contributed by atoms with Crippen molar-refractivity contribution < 1.29 is 27.5 Å². The van der Waals surface area contributed by atoms with Crippen LogP contribution < -0.4 is 21.5 Å². The Bertz CT molecular complexity index is 1700. The minimum absolute atomic E-state index is 0.00962. The lowest BCUT2D eigenvalue weighted by atomic mass is 9.97. The van der Waals surface area contributed by atoms with E-state index in [-0.39, 0.29) is 57.1 Å². The molecule has 1 saturated heterocycles. The van der Waals surface area contributed by atoms with Crippen LogP contribution >= 0.6 is 11.6 Å². The molecular formula is C32H36ClF3N6O4. The molecule has 1 aromatic carbocycles. The van der Waals surface area contributed by atoms with Crippen LogP contribution in [0.3, 0.4) is 0 Å². The molecule has 5 rings (SSSR count). The summed E-state index contributed by atoms with van der Waals surface area (Å²) in [5.41, 5.74) is -0.0818. The highest BCUT2D eigenvalue weighted by molar-refractivity contribution is 6.31. The van der Waals surface area contributed by atoms with Crippen molar-refractivity contribution in [2.75, 3.05) is 37.4 Å². The summed E-state index contributed by atoms with van der Waals surface area (Å²) >= 11 is 6.08. The number of anilines is 2. The molecule has 10 nitrogen and oxygen atoms in total. The van der Waals surface area contributed by atoms with Gasteiger partial charge in [0.1, 0.15) is 23.0 Å². The molecule has 2 aromatic heterocycles. The largest absolute Gasteiger partial charge is 0.380 e. The number of carbonyl (C=O) groups excluding carboxylic acids is 2. The van der Waals surface area contributed by atoms with Gasteiger partial charge in [0.25, 0.3) is 23.3 Å². The fourth-order valence-corrected chi connectivity index (χ4v) is 5.41. The Labute approximate surface area is 269 Å². The number of ether oxygens (including phenoxy) is 1. The average molecular weight is 661 g/mol. The van der Waals surface area contributed by atoms with Crippen LogP contribution in [0.1, 0.15) is 65.9 Å². The van der Waals surface area contributed by atoms with Gasteiger partial charge in [-0.1, -0.05) is 11.6 Å². The smallest absolute Gasteiger partial charge is 0.282 e. The fourth-order valence-electron chi connectivity index (χ4n) is 5.20. The summed E-state index contributed by atoms with van der Waals surface area (Å²) in [5.74, 6) is -5.20. The Hall–Kier alpha value is -3.94. The van der Waals surface area contributed by atoms with Gasteiger partial charge in [0.05, 0.1) is 24.8 Å². The Morgan fingerprint density at radius 3 is 2.41 bits per heavy atom. The molecule has 3 aromatic rings. The molecule has 46 heavy (non-hydrogen) atoms. The van der Waals surface area contributed by atoms with E-state index in [0.29, 0.717) is 13.1 Å². The van der Waals surface area contributed by atoms with Gasteiger partial charge in [-0.15, -0.1) is 0 Å². The van der Waals surface area contributed by atoms with E-state index in [0.717, 1.165) is 29.4 Å². The number of methoxy groups -OCH3 is 1. The van der Waals surface area contributed by atoms with E-state index in [1.54, 1.807) is 17.9 Å². The van der Waals surface area contributed by atoms with Crippen molar-refractivity contribution in [3.8, 4) is 11.1 Å². The number of aromatic nitrogens is 2. The highest BCUT2D eigenvalue weighted by Gasteiger charge is 2.47. The summed E-state index contributed by atoms with van der Waals surface area (Å²) in [4.78, 5) is 45.6. The van der Waals surface area contributed by atoms with Gasteiger partial charge in [0, 0.05) is 49.1 Å². The van der Waals surface area contributed by atoms with Crippen LogP contribution in [-0.2, 0) is 11.3 Å². The number of hydrogen-bond donors (Lipinski definition) is 3. The summed E-state index contributed by atoms with van der Waals surface area (Å²) in [6.45, 7) is 4.98. The van der Waals surface area contributed by atoms with Crippen molar-refractivity contribution in [3.63, 3.8) is 0 Å². The first-order valence-corrected chi connectivity index (χ1v) is 15.4. The Balaban J connectivity index is 1.51. The number of pyridine rings is 2. The summed E-state index contributed by atoms with van der Waals surface area (Å²) < 4.78 is 49.6. The minimum atomic E-state index is -3.02. The van der Waals surface area contributed by atoms with Crippen molar-refractivity contribution >= 4 is 35.1 Å². The normalized spacial score (nSPS) is 16.2. The van der Waals surface area contributed by atoms with Gasteiger partial charge in [0.15, 0.2) is 0 Å². The third-order valence-electron chi connectivity index (χ3n) is 7.66. The number of rotatable bonds is 12. The quantitative estimate of drug-likeness (QED) is 0.241. The molecule has 3 heterocycles. The number of halogens is 4. The molecule has 1 saturated carbocycles. The first-order chi connectivity index (χ1) is 21.7. The molecule has 1 atom stereocenters. The number of alkyl halides is 2. The number of nitrogens with one attached hydrogen (secondary N) is 3.